The monoisotopic (exact) mass is 361 g/mol. The van der Waals surface area contributed by atoms with Crippen molar-refractivity contribution in [3.05, 3.63) is 53.0 Å². The van der Waals surface area contributed by atoms with Crippen molar-refractivity contribution >= 4 is 21.8 Å². The van der Waals surface area contributed by atoms with Gasteiger partial charge in [0.05, 0.1) is 10.9 Å². The average Bonchev–Trinajstić information content (AvgIpc) is 3.02. The van der Waals surface area contributed by atoms with E-state index in [1.807, 2.05) is 26.8 Å². The molecule has 0 spiro atoms. The molecule has 1 atom stereocenters. The largest absolute Gasteiger partial charge is 0.466 e. The Morgan fingerprint density at radius 1 is 1.32 bits per heavy atom. The van der Waals surface area contributed by atoms with Gasteiger partial charge in [-0.25, -0.2) is 8.42 Å². The lowest BCUT2D eigenvalue weighted by Crippen LogP contribution is -2.30. The second kappa shape index (κ2) is 6.36. The molecule has 0 saturated heterocycles. The lowest BCUT2D eigenvalue weighted by molar-refractivity contribution is -0.120. The second-order valence-corrected chi connectivity index (χ2v) is 7.58. The molecule has 1 aromatic carbocycles. The Labute approximate surface area is 146 Å². The summed E-state index contributed by atoms with van der Waals surface area (Å²) >= 11 is 0. The maximum absolute atomic E-state index is 12.1. The Kier molecular flexibility index (Phi) is 4.38. The SMILES string of the molecule is Cc1cc(C(C)NC(=O)CN=C2NS(=O)(=O)c3ccccc32)c(C)o1. The first-order valence-electron chi connectivity index (χ1n) is 7.81. The molecule has 0 saturated carbocycles. The van der Waals surface area contributed by atoms with Gasteiger partial charge in [-0.3, -0.25) is 14.5 Å². The third-order valence-corrected chi connectivity index (χ3v) is 5.36. The fourth-order valence-electron chi connectivity index (χ4n) is 2.85. The first-order chi connectivity index (χ1) is 11.8. The number of rotatable bonds is 4. The summed E-state index contributed by atoms with van der Waals surface area (Å²) in [6.45, 7) is 5.37. The predicted molar refractivity (Wildman–Crippen MR) is 92.9 cm³/mol. The third-order valence-electron chi connectivity index (χ3n) is 3.97. The number of sulfonamides is 1. The standard InChI is InChI=1S/C17H19N3O4S/c1-10-8-14(12(3)24-10)11(2)19-16(21)9-18-17-13-6-4-5-7-15(13)25(22,23)20-17/h4-8,11H,9H2,1-3H3,(H,18,20)(H,19,21). The maximum Gasteiger partial charge on any atom is 0.263 e. The second-order valence-electron chi connectivity index (χ2n) is 5.92. The van der Waals surface area contributed by atoms with Gasteiger partial charge >= 0.3 is 0 Å². The van der Waals surface area contributed by atoms with E-state index in [-0.39, 0.29) is 29.2 Å². The Morgan fingerprint density at radius 2 is 2.04 bits per heavy atom. The van der Waals surface area contributed by atoms with Gasteiger partial charge in [-0.1, -0.05) is 12.1 Å². The van der Waals surface area contributed by atoms with Crippen LogP contribution in [0.2, 0.25) is 0 Å². The van der Waals surface area contributed by atoms with Gasteiger partial charge in [0.2, 0.25) is 5.91 Å². The van der Waals surface area contributed by atoms with Crippen LogP contribution in [0.4, 0.5) is 0 Å². The van der Waals surface area contributed by atoms with Gasteiger partial charge in [0.15, 0.2) is 0 Å². The van der Waals surface area contributed by atoms with Gasteiger partial charge in [0.25, 0.3) is 10.0 Å². The number of carbonyl (C=O) groups is 1. The Bertz CT molecular complexity index is 960. The smallest absolute Gasteiger partial charge is 0.263 e. The normalized spacial score (nSPS) is 17.8. The molecule has 25 heavy (non-hydrogen) atoms. The summed E-state index contributed by atoms with van der Waals surface area (Å²) in [6.07, 6.45) is 0. The molecule has 1 aliphatic heterocycles. The van der Waals surface area contributed by atoms with Crippen LogP contribution in [-0.4, -0.2) is 26.7 Å². The van der Waals surface area contributed by atoms with Crippen molar-refractivity contribution in [2.45, 2.75) is 31.7 Å². The van der Waals surface area contributed by atoms with Crippen LogP contribution in [-0.2, 0) is 14.8 Å². The third kappa shape index (κ3) is 3.43. The van der Waals surface area contributed by atoms with Crippen molar-refractivity contribution < 1.29 is 17.6 Å². The molecule has 1 amide bonds. The van der Waals surface area contributed by atoms with Gasteiger partial charge in [-0.15, -0.1) is 0 Å². The fourth-order valence-corrected chi connectivity index (χ4v) is 4.10. The van der Waals surface area contributed by atoms with Crippen molar-refractivity contribution in [3.8, 4) is 0 Å². The summed E-state index contributed by atoms with van der Waals surface area (Å²) in [5, 5.41) is 2.84. The molecule has 8 heteroatoms. The number of carbonyl (C=O) groups excluding carboxylic acids is 1. The van der Waals surface area contributed by atoms with Gasteiger partial charge in [-0.2, -0.15) is 0 Å². The van der Waals surface area contributed by atoms with Crippen LogP contribution in [0.15, 0.2) is 44.6 Å². The van der Waals surface area contributed by atoms with E-state index < -0.39 is 10.0 Å². The number of furan rings is 1. The molecular formula is C17H19N3O4S. The number of amidine groups is 1. The first kappa shape index (κ1) is 17.2. The average molecular weight is 361 g/mol. The minimum absolute atomic E-state index is 0.173. The summed E-state index contributed by atoms with van der Waals surface area (Å²) in [7, 11) is -3.60. The Morgan fingerprint density at radius 3 is 2.72 bits per heavy atom. The van der Waals surface area contributed by atoms with Crippen molar-refractivity contribution in [3.63, 3.8) is 0 Å². The van der Waals surface area contributed by atoms with Crippen LogP contribution in [0.3, 0.4) is 0 Å². The lowest BCUT2D eigenvalue weighted by Gasteiger charge is -2.12. The minimum atomic E-state index is -3.60. The molecule has 1 aliphatic rings. The maximum atomic E-state index is 12.1. The van der Waals surface area contributed by atoms with Crippen LogP contribution in [0.5, 0.6) is 0 Å². The van der Waals surface area contributed by atoms with E-state index >= 15 is 0 Å². The number of nitrogens with one attached hydrogen (secondary N) is 2. The number of amides is 1. The number of hydrogen-bond acceptors (Lipinski definition) is 5. The number of hydrogen-bond donors (Lipinski definition) is 2. The quantitative estimate of drug-likeness (QED) is 0.867. The molecular weight excluding hydrogens is 342 g/mol. The van der Waals surface area contributed by atoms with Crippen molar-refractivity contribution in [1.82, 2.24) is 10.0 Å². The number of fused-ring (bicyclic) bond motifs is 1. The van der Waals surface area contributed by atoms with Crippen LogP contribution >= 0.6 is 0 Å². The molecule has 7 nitrogen and oxygen atoms in total. The summed E-state index contributed by atoms with van der Waals surface area (Å²) < 4.78 is 31.9. The highest BCUT2D eigenvalue weighted by Gasteiger charge is 2.30. The molecule has 3 rings (SSSR count). The highest BCUT2D eigenvalue weighted by atomic mass is 32.2. The molecule has 2 heterocycles. The van der Waals surface area contributed by atoms with E-state index in [4.69, 9.17) is 4.42 Å². The summed E-state index contributed by atoms with van der Waals surface area (Å²) in [4.78, 5) is 16.4. The number of nitrogens with zero attached hydrogens (tertiary/aromatic N) is 1. The Hall–Kier alpha value is -2.61. The van der Waals surface area contributed by atoms with Crippen LogP contribution in [0, 0.1) is 13.8 Å². The van der Waals surface area contributed by atoms with E-state index in [0.717, 1.165) is 17.1 Å². The van der Waals surface area contributed by atoms with Crippen LogP contribution in [0.1, 0.15) is 35.6 Å². The zero-order valence-corrected chi connectivity index (χ0v) is 15.0. The van der Waals surface area contributed by atoms with E-state index in [9.17, 15) is 13.2 Å². The van der Waals surface area contributed by atoms with Crippen LogP contribution in [0.25, 0.3) is 0 Å². The topological polar surface area (TPSA) is 101 Å². The number of benzene rings is 1. The van der Waals surface area contributed by atoms with Gasteiger partial charge in [-0.05, 0) is 39.0 Å². The van der Waals surface area contributed by atoms with Crippen LogP contribution < -0.4 is 10.0 Å². The van der Waals surface area contributed by atoms with E-state index in [1.165, 1.54) is 6.07 Å². The number of aliphatic imine (C=N–C) groups is 1. The van der Waals surface area contributed by atoms with E-state index in [2.05, 4.69) is 15.0 Å². The van der Waals surface area contributed by atoms with Crippen molar-refractivity contribution in [2.24, 2.45) is 4.99 Å². The molecule has 0 bridgehead atoms. The summed E-state index contributed by atoms with van der Waals surface area (Å²) in [5.41, 5.74) is 1.38. The first-order valence-corrected chi connectivity index (χ1v) is 9.29. The van der Waals surface area contributed by atoms with Crippen molar-refractivity contribution in [1.29, 1.82) is 0 Å². The minimum Gasteiger partial charge on any atom is -0.466 e. The zero-order valence-electron chi connectivity index (χ0n) is 14.2. The summed E-state index contributed by atoms with van der Waals surface area (Å²) in [5.74, 6) is 1.43. The van der Waals surface area contributed by atoms with E-state index in [1.54, 1.807) is 18.2 Å². The highest BCUT2D eigenvalue weighted by molar-refractivity contribution is 7.90. The molecule has 2 aromatic rings. The molecule has 0 fully saturated rings. The molecule has 2 N–H and O–H groups in total. The zero-order chi connectivity index (χ0) is 18.2. The molecule has 1 aromatic heterocycles. The van der Waals surface area contributed by atoms with Gasteiger partial charge in [0, 0.05) is 11.1 Å². The highest BCUT2D eigenvalue weighted by Crippen LogP contribution is 2.23. The molecule has 0 aliphatic carbocycles. The van der Waals surface area contributed by atoms with E-state index in [0.29, 0.717) is 5.56 Å². The van der Waals surface area contributed by atoms with Gasteiger partial charge < -0.3 is 9.73 Å². The van der Waals surface area contributed by atoms with Gasteiger partial charge in [0.1, 0.15) is 23.9 Å². The fraction of sp³-hybridized carbons (Fsp3) is 0.294. The Balaban J connectivity index is 1.71. The molecule has 1 unspecified atom stereocenters. The van der Waals surface area contributed by atoms with Crippen molar-refractivity contribution in [2.75, 3.05) is 6.54 Å². The lowest BCUT2D eigenvalue weighted by atomic mass is 10.1. The summed E-state index contributed by atoms with van der Waals surface area (Å²) in [6, 6.07) is 8.19. The number of aryl methyl sites for hydroxylation is 2. The molecule has 132 valence electrons. The molecule has 0 radical (unpaired) electrons. The predicted octanol–water partition coefficient (Wildman–Crippen LogP) is 1.81.